The molecule has 0 bridgehead atoms. The lowest BCUT2D eigenvalue weighted by Gasteiger charge is -2.24. The molecule has 1 fully saturated rings. The molecule has 7 heteroatoms. The number of fused-ring (bicyclic) bond motifs is 1. The van der Waals surface area contributed by atoms with Gasteiger partial charge in [0.1, 0.15) is 5.82 Å². The Morgan fingerprint density at radius 3 is 2.79 bits per heavy atom. The Morgan fingerprint density at radius 2 is 2.03 bits per heavy atom. The molecule has 2 N–H and O–H groups in total. The molecule has 1 amide bonds. The van der Waals surface area contributed by atoms with E-state index in [4.69, 9.17) is 14.7 Å². The highest BCUT2D eigenvalue weighted by molar-refractivity contribution is 8.00. The number of methoxy groups -OCH3 is 1. The van der Waals surface area contributed by atoms with Crippen LogP contribution in [0.5, 0.6) is 0 Å². The number of hydrogen-bond donors (Lipinski definition) is 2. The van der Waals surface area contributed by atoms with E-state index in [1.54, 1.807) is 7.11 Å². The van der Waals surface area contributed by atoms with Gasteiger partial charge in [0.05, 0.1) is 10.8 Å². The molecular formula is C22H32N4O2S. The van der Waals surface area contributed by atoms with Gasteiger partial charge in [0.25, 0.3) is 0 Å². The van der Waals surface area contributed by atoms with Crippen LogP contribution in [-0.2, 0) is 9.53 Å². The van der Waals surface area contributed by atoms with Crippen molar-refractivity contribution in [2.75, 3.05) is 25.6 Å². The van der Waals surface area contributed by atoms with Gasteiger partial charge < -0.3 is 15.4 Å². The van der Waals surface area contributed by atoms with Crippen molar-refractivity contribution in [2.24, 2.45) is 0 Å². The summed E-state index contributed by atoms with van der Waals surface area (Å²) in [6, 6.07) is 8.56. The second kappa shape index (κ2) is 11.4. The molecule has 1 aliphatic carbocycles. The molecule has 29 heavy (non-hydrogen) atoms. The van der Waals surface area contributed by atoms with Gasteiger partial charge in [0.2, 0.25) is 5.91 Å². The number of amides is 1. The number of nitrogens with zero attached hydrogens (tertiary/aromatic N) is 2. The predicted octanol–water partition coefficient (Wildman–Crippen LogP) is 4.40. The van der Waals surface area contributed by atoms with Crippen LogP contribution in [0, 0.1) is 0 Å². The maximum atomic E-state index is 12.6. The van der Waals surface area contributed by atoms with Gasteiger partial charge in [-0.25, -0.2) is 9.97 Å². The van der Waals surface area contributed by atoms with Gasteiger partial charge >= 0.3 is 0 Å². The molecule has 1 saturated carbocycles. The molecule has 0 unspecified atom stereocenters. The Kier molecular flexibility index (Phi) is 8.55. The van der Waals surface area contributed by atoms with Crippen molar-refractivity contribution in [3.8, 4) is 0 Å². The van der Waals surface area contributed by atoms with Crippen LogP contribution in [0.2, 0.25) is 0 Å². The molecule has 0 spiro atoms. The maximum Gasteiger partial charge on any atom is 0.233 e. The molecule has 1 heterocycles. The van der Waals surface area contributed by atoms with Gasteiger partial charge in [-0.05, 0) is 37.8 Å². The molecule has 1 aliphatic rings. The van der Waals surface area contributed by atoms with E-state index in [0.717, 1.165) is 29.6 Å². The lowest BCUT2D eigenvalue weighted by molar-refractivity contribution is -0.120. The zero-order chi connectivity index (χ0) is 20.5. The zero-order valence-electron chi connectivity index (χ0n) is 17.4. The number of benzene rings is 1. The van der Waals surface area contributed by atoms with Gasteiger partial charge in [-0.3, -0.25) is 4.79 Å². The topological polar surface area (TPSA) is 76.1 Å². The molecule has 1 aromatic carbocycles. The number of anilines is 1. The predicted molar refractivity (Wildman–Crippen MR) is 119 cm³/mol. The Balaban J connectivity index is 1.74. The molecule has 1 aromatic heterocycles. The number of thioether (sulfide) groups is 1. The van der Waals surface area contributed by atoms with Crippen LogP contribution < -0.4 is 10.6 Å². The highest BCUT2D eigenvalue weighted by Gasteiger charge is 2.21. The molecule has 6 nitrogen and oxygen atoms in total. The van der Waals surface area contributed by atoms with Gasteiger partial charge in [-0.1, -0.05) is 50.1 Å². The lowest BCUT2D eigenvalue weighted by Crippen LogP contribution is -2.33. The lowest BCUT2D eigenvalue weighted by atomic mass is 9.95. The molecule has 0 saturated heterocycles. The summed E-state index contributed by atoms with van der Waals surface area (Å²) in [4.78, 5) is 22.1. The summed E-state index contributed by atoms with van der Waals surface area (Å²) in [5.74, 6) is 0.924. The number of hydrogen-bond acceptors (Lipinski definition) is 6. The molecule has 1 atom stereocenters. The van der Waals surface area contributed by atoms with Crippen molar-refractivity contribution in [1.29, 1.82) is 0 Å². The normalized spacial score (nSPS) is 15.9. The molecule has 158 valence electrons. The highest BCUT2D eigenvalue weighted by Crippen LogP contribution is 2.30. The van der Waals surface area contributed by atoms with E-state index in [1.165, 1.54) is 43.9 Å². The minimum atomic E-state index is -0.207. The van der Waals surface area contributed by atoms with Crippen LogP contribution in [0.3, 0.4) is 0 Å². The Labute approximate surface area is 177 Å². The first kappa shape index (κ1) is 21.8. The number of rotatable bonds is 10. The van der Waals surface area contributed by atoms with Crippen molar-refractivity contribution in [3.05, 3.63) is 24.3 Å². The first-order valence-electron chi connectivity index (χ1n) is 10.7. The van der Waals surface area contributed by atoms with E-state index in [0.29, 0.717) is 24.3 Å². The molecular weight excluding hydrogens is 384 g/mol. The number of nitrogens with one attached hydrogen (secondary N) is 2. The van der Waals surface area contributed by atoms with E-state index in [9.17, 15) is 4.79 Å². The Bertz CT molecular complexity index is 795. The molecule has 0 aliphatic heterocycles. The third kappa shape index (κ3) is 6.31. The second-order valence-corrected chi connectivity index (χ2v) is 8.67. The minimum absolute atomic E-state index is 0.0344. The summed E-state index contributed by atoms with van der Waals surface area (Å²) < 4.78 is 5.04. The van der Waals surface area contributed by atoms with Crippen LogP contribution >= 0.6 is 11.8 Å². The number of carbonyl (C=O) groups is 1. The number of aromatic nitrogens is 2. The number of ether oxygens (including phenoxy) is 1. The summed E-state index contributed by atoms with van der Waals surface area (Å²) >= 11 is 1.45. The van der Waals surface area contributed by atoms with E-state index in [-0.39, 0.29) is 11.2 Å². The second-order valence-electron chi connectivity index (χ2n) is 7.50. The summed E-state index contributed by atoms with van der Waals surface area (Å²) in [6.07, 6.45) is 7.76. The summed E-state index contributed by atoms with van der Waals surface area (Å²) in [6.45, 7) is 3.29. The standard InChI is InChI=1S/C22H32N4O2S/c1-3-19(21(27)23-14-9-15-28-2)29-22-25-18-13-8-7-12-17(18)20(26-22)24-16-10-5-4-6-11-16/h7-8,12-13,16,19H,3-6,9-11,14-15H2,1-2H3,(H,23,27)(H,24,25,26)/t19-/m1/s1. The van der Waals surface area contributed by atoms with Crippen LogP contribution in [-0.4, -0.2) is 47.4 Å². The maximum absolute atomic E-state index is 12.6. The monoisotopic (exact) mass is 416 g/mol. The Hall–Kier alpha value is -1.86. The summed E-state index contributed by atoms with van der Waals surface area (Å²) in [7, 11) is 1.67. The first-order chi connectivity index (χ1) is 14.2. The van der Waals surface area contributed by atoms with Gasteiger partial charge in [0, 0.05) is 31.7 Å². The largest absolute Gasteiger partial charge is 0.385 e. The van der Waals surface area contributed by atoms with Gasteiger partial charge in [-0.15, -0.1) is 0 Å². The smallest absolute Gasteiger partial charge is 0.233 e. The van der Waals surface area contributed by atoms with Crippen LogP contribution in [0.4, 0.5) is 5.82 Å². The summed E-state index contributed by atoms with van der Waals surface area (Å²) in [5, 5.41) is 8.14. The SMILES string of the molecule is CC[C@@H](Sc1nc(NC2CCCCC2)c2ccccc2n1)C(=O)NCCCOC. The fraction of sp³-hybridized carbons (Fsp3) is 0.591. The van der Waals surface area contributed by atoms with Crippen molar-refractivity contribution >= 4 is 34.4 Å². The summed E-state index contributed by atoms with van der Waals surface area (Å²) in [5.41, 5.74) is 0.915. The quantitative estimate of drug-likeness (QED) is 0.340. The third-order valence-electron chi connectivity index (χ3n) is 5.26. The van der Waals surface area contributed by atoms with E-state index >= 15 is 0 Å². The van der Waals surface area contributed by atoms with Gasteiger partial charge in [0.15, 0.2) is 5.16 Å². The van der Waals surface area contributed by atoms with E-state index < -0.39 is 0 Å². The Morgan fingerprint density at radius 1 is 1.24 bits per heavy atom. The fourth-order valence-corrected chi connectivity index (χ4v) is 4.56. The van der Waals surface area contributed by atoms with Crippen LogP contribution in [0.15, 0.2) is 29.4 Å². The van der Waals surface area contributed by atoms with Crippen molar-refractivity contribution in [3.63, 3.8) is 0 Å². The fourth-order valence-electron chi connectivity index (χ4n) is 3.65. The van der Waals surface area contributed by atoms with Crippen molar-refractivity contribution in [2.45, 2.75) is 68.3 Å². The number of para-hydroxylation sites is 1. The van der Waals surface area contributed by atoms with Gasteiger partial charge in [-0.2, -0.15) is 0 Å². The molecule has 2 aromatic rings. The average molecular weight is 417 g/mol. The van der Waals surface area contributed by atoms with Crippen molar-refractivity contribution < 1.29 is 9.53 Å². The third-order valence-corrected chi connectivity index (χ3v) is 6.49. The number of carbonyl (C=O) groups excluding carboxylic acids is 1. The highest BCUT2D eigenvalue weighted by atomic mass is 32.2. The minimum Gasteiger partial charge on any atom is -0.385 e. The first-order valence-corrected chi connectivity index (χ1v) is 11.6. The zero-order valence-corrected chi connectivity index (χ0v) is 18.3. The van der Waals surface area contributed by atoms with Crippen LogP contribution in [0.25, 0.3) is 10.9 Å². The molecule has 0 radical (unpaired) electrons. The van der Waals surface area contributed by atoms with Crippen molar-refractivity contribution in [1.82, 2.24) is 15.3 Å². The van der Waals surface area contributed by atoms with Crippen LogP contribution in [0.1, 0.15) is 51.9 Å². The van der Waals surface area contributed by atoms with E-state index in [2.05, 4.69) is 16.7 Å². The average Bonchev–Trinajstić information content (AvgIpc) is 2.75. The van der Waals surface area contributed by atoms with E-state index in [1.807, 2.05) is 25.1 Å². The molecule has 3 rings (SSSR count).